The van der Waals surface area contributed by atoms with Crippen molar-refractivity contribution in [3.8, 4) is 0 Å². The Bertz CT molecular complexity index is 1190. The summed E-state index contributed by atoms with van der Waals surface area (Å²) < 4.78 is 5.35. The average molecular weight is 633 g/mol. The maximum atomic E-state index is 14.2. The number of amides is 6. The zero-order valence-electron chi connectivity index (χ0n) is 27.7. The minimum absolute atomic E-state index is 0.0332. The predicted molar refractivity (Wildman–Crippen MR) is 165 cm³/mol. The van der Waals surface area contributed by atoms with Crippen LogP contribution in [0.4, 0.5) is 9.59 Å². The maximum absolute atomic E-state index is 14.2. The van der Waals surface area contributed by atoms with Crippen molar-refractivity contribution in [1.82, 2.24) is 26.2 Å². The molecule has 4 aliphatic rings. The summed E-state index contributed by atoms with van der Waals surface area (Å²) in [5, 5.41) is 11.2. The monoisotopic (exact) mass is 632 g/mol. The van der Waals surface area contributed by atoms with Crippen LogP contribution in [0.25, 0.3) is 0 Å². The number of urea groups is 1. The van der Waals surface area contributed by atoms with Crippen molar-refractivity contribution in [2.75, 3.05) is 19.7 Å². The first kappa shape index (κ1) is 34.5. The van der Waals surface area contributed by atoms with Gasteiger partial charge < -0.3 is 36.6 Å². The van der Waals surface area contributed by atoms with E-state index in [-0.39, 0.29) is 35.7 Å². The molecule has 13 nitrogen and oxygen atoms in total. The first-order chi connectivity index (χ1) is 20.9. The Morgan fingerprint density at radius 2 is 1.58 bits per heavy atom. The maximum Gasteiger partial charge on any atom is 0.407 e. The van der Waals surface area contributed by atoms with E-state index < -0.39 is 65.2 Å². The number of piperidine rings is 1. The number of alkyl carbamates (subject to hydrolysis) is 1. The largest absolute Gasteiger partial charge is 0.447 e. The Hall–Kier alpha value is -3.38. The van der Waals surface area contributed by atoms with Gasteiger partial charge in [0.2, 0.25) is 17.6 Å². The molecule has 4 fully saturated rings. The highest BCUT2D eigenvalue weighted by molar-refractivity contribution is 6.37. The van der Waals surface area contributed by atoms with E-state index in [0.29, 0.717) is 25.4 Å². The summed E-state index contributed by atoms with van der Waals surface area (Å²) in [7, 11) is 0. The number of carbonyl (C=O) groups is 6. The number of rotatable bonds is 14. The number of fused-ring (bicyclic) bond motifs is 1. The van der Waals surface area contributed by atoms with E-state index in [1.54, 1.807) is 0 Å². The summed E-state index contributed by atoms with van der Waals surface area (Å²) in [4.78, 5) is 79.2. The van der Waals surface area contributed by atoms with E-state index in [9.17, 15) is 28.8 Å². The molecule has 0 aromatic rings. The minimum atomic E-state index is -1.10. The van der Waals surface area contributed by atoms with E-state index >= 15 is 0 Å². The topological polar surface area (TPSA) is 189 Å². The normalized spacial score (nSPS) is 25.3. The number of carbonyl (C=O) groups excluding carboxylic acids is 6. The van der Waals surface area contributed by atoms with Gasteiger partial charge in [0.25, 0.3) is 5.91 Å². The molecule has 0 aromatic carbocycles. The van der Waals surface area contributed by atoms with Crippen LogP contribution < -0.4 is 27.0 Å². The third-order valence-corrected chi connectivity index (χ3v) is 10.0. The molecular formula is C32H52N6O7. The van der Waals surface area contributed by atoms with Crippen LogP contribution in [0.5, 0.6) is 0 Å². The van der Waals surface area contributed by atoms with Gasteiger partial charge in [0.15, 0.2) is 0 Å². The number of nitrogens with two attached hydrogens (primary N) is 1. The van der Waals surface area contributed by atoms with Crippen LogP contribution in [0, 0.1) is 40.4 Å². The molecule has 252 valence electrons. The highest BCUT2D eigenvalue weighted by atomic mass is 16.5. The van der Waals surface area contributed by atoms with E-state index in [2.05, 4.69) is 21.3 Å². The van der Waals surface area contributed by atoms with Crippen LogP contribution in [-0.2, 0) is 23.9 Å². The lowest BCUT2D eigenvalue weighted by molar-refractivity contribution is -0.145. The second kappa shape index (κ2) is 13.2. The first-order valence-corrected chi connectivity index (χ1v) is 16.3. The van der Waals surface area contributed by atoms with Crippen molar-refractivity contribution >= 4 is 35.6 Å². The lowest BCUT2D eigenvalue weighted by Crippen LogP contribution is -2.62. The number of hydrogen-bond acceptors (Lipinski definition) is 7. The van der Waals surface area contributed by atoms with Gasteiger partial charge in [0.05, 0.1) is 12.1 Å². The van der Waals surface area contributed by atoms with E-state index in [1.165, 1.54) is 4.90 Å². The number of hydrogen-bond donors (Lipinski definition) is 5. The summed E-state index contributed by atoms with van der Waals surface area (Å²) in [5.74, 6) is -2.20. The average Bonchev–Trinajstić information content (AvgIpc) is 3.89. The van der Waals surface area contributed by atoms with Gasteiger partial charge in [-0.25, -0.2) is 9.59 Å². The van der Waals surface area contributed by atoms with Crippen molar-refractivity contribution in [3.05, 3.63) is 0 Å². The highest BCUT2D eigenvalue weighted by Crippen LogP contribution is 2.65. The molecule has 0 aromatic heterocycles. The van der Waals surface area contributed by atoms with Crippen LogP contribution in [0.3, 0.4) is 0 Å². The number of likely N-dealkylation sites (tertiary alicyclic amines) is 1. The fourth-order valence-electron chi connectivity index (χ4n) is 6.48. The zero-order valence-corrected chi connectivity index (χ0v) is 27.7. The SMILES string of the molecule is CC(C)[C@H](COC(=O)NCC1CC1)NC(=O)N[C@H](C(=O)N1CC2C([C@H]1C(=O)NC(CC1CC1)C(=O)C(N)=O)C2(C)C)C(C)(C)C. The third-order valence-electron chi connectivity index (χ3n) is 10.0. The van der Waals surface area contributed by atoms with Gasteiger partial charge in [0, 0.05) is 13.1 Å². The molecule has 45 heavy (non-hydrogen) atoms. The Kier molecular flexibility index (Phi) is 10.1. The van der Waals surface area contributed by atoms with Crippen LogP contribution in [0.1, 0.15) is 80.6 Å². The van der Waals surface area contributed by atoms with Crippen LogP contribution in [0.15, 0.2) is 0 Å². The highest BCUT2D eigenvalue weighted by Gasteiger charge is 2.70. The molecule has 6 amide bonds. The molecule has 4 rings (SSSR count). The predicted octanol–water partition coefficient (Wildman–Crippen LogP) is 1.68. The molecule has 0 spiro atoms. The van der Waals surface area contributed by atoms with E-state index in [4.69, 9.17) is 10.5 Å². The molecule has 6 atom stereocenters. The van der Waals surface area contributed by atoms with Crippen molar-refractivity contribution in [1.29, 1.82) is 0 Å². The summed E-state index contributed by atoms with van der Waals surface area (Å²) in [6, 6.07) is -3.98. The fourth-order valence-corrected chi connectivity index (χ4v) is 6.48. The van der Waals surface area contributed by atoms with Gasteiger partial charge in [-0.2, -0.15) is 0 Å². The number of ether oxygens (including phenoxy) is 1. The summed E-state index contributed by atoms with van der Waals surface area (Å²) in [6.07, 6.45) is 3.84. The zero-order chi connectivity index (χ0) is 33.4. The van der Waals surface area contributed by atoms with Crippen LogP contribution >= 0.6 is 0 Å². The number of nitrogens with one attached hydrogen (secondary N) is 4. The van der Waals surface area contributed by atoms with Gasteiger partial charge in [-0.05, 0) is 59.7 Å². The molecule has 0 radical (unpaired) electrons. The second-order valence-corrected chi connectivity index (χ2v) is 15.5. The molecule has 13 heteroatoms. The van der Waals surface area contributed by atoms with Crippen molar-refractivity contribution in [3.63, 3.8) is 0 Å². The molecule has 0 bridgehead atoms. The summed E-state index contributed by atoms with van der Waals surface area (Å²) in [5.41, 5.74) is 4.38. The lowest BCUT2D eigenvalue weighted by Gasteiger charge is -2.38. The van der Waals surface area contributed by atoms with Crippen molar-refractivity contribution in [2.24, 2.45) is 46.2 Å². The van der Waals surface area contributed by atoms with Crippen molar-refractivity contribution in [2.45, 2.75) is 105 Å². The number of nitrogens with zero attached hydrogens (tertiary/aromatic N) is 1. The quantitative estimate of drug-likeness (QED) is 0.180. The van der Waals surface area contributed by atoms with Gasteiger partial charge in [-0.15, -0.1) is 0 Å². The first-order valence-electron chi connectivity index (χ1n) is 16.3. The number of primary amides is 1. The lowest BCUT2D eigenvalue weighted by atomic mass is 9.85. The third kappa shape index (κ3) is 8.46. The second-order valence-electron chi connectivity index (χ2n) is 15.5. The number of ketones is 1. The molecule has 3 unspecified atom stereocenters. The molecule has 1 saturated heterocycles. The van der Waals surface area contributed by atoms with Gasteiger partial charge in [-0.3, -0.25) is 19.2 Å². The van der Waals surface area contributed by atoms with Gasteiger partial charge in [0.1, 0.15) is 18.7 Å². The van der Waals surface area contributed by atoms with Gasteiger partial charge in [-0.1, -0.05) is 61.3 Å². The van der Waals surface area contributed by atoms with Crippen molar-refractivity contribution < 1.29 is 33.5 Å². The molecule has 6 N–H and O–H groups in total. The van der Waals surface area contributed by atoms with Crippen LogP contribution in [0.2, 0.25) is 0 Å². The summed E-state index contributed by atoms with van der Waals surface area (Å²) in [6.45, 7) is 14.2. The standard InChI is InChI=1S/C32H52N6O7/c1-16(2)21(15-45-30(44)34-13-18-10-11-18)36-29(43)37-25(31(3,4)5)28(42)38-14-19-22(32(19,6)7)23(38)27(41)35-20(12-17-8-9-17)24(39)26(33)40/h16-23,25H,8-15H2,1-7H3,(H2,33,40)(H,34,44)(H,35,41)(H2,36,37,43)/t19?,20?,21-,22?,23-,25+/m0/s1. The molecule has 1 aliphatic heterocycles. The Labute approximate surface area is 265 Å². The molecule has 3 aliphatic carbocycles. The smallest absolute Gasteiger partial charge is 0.407 e. The summed E-state index contributed by atoms with van der Waals surface area (Å²) >= 11 is 0. The van der Waals surface area contributed by atoms with Gasteiger partial charge >= 0.3 is 12.1 Å². The Morgan fingerprint density at radius 3 is 2.11 bits per heavy atom. The van der Waals surface area contributed by atoms with E-state index in [0.717, 1.165) is 25.7 Å². The Balaban J connectivity index is 1.44. The molecular weight excluding hydrogens is 580 g/mol. The Morgan fingerprint density at radius 1 is 0.956 bits per heavy atom. The van der Waals surface area contributed by atoms with E-state index in [1.807, 2.05) is 48.5 Å². The number of Topliss-reactive ketones (excluding diaryl/α,β-unsaturated/α-hetero) is 1. The molecule has 3 saturated carbocycles. The minimum Gasteiger partial charge on any atom is -0.447 e. The fraction of sp³-hybridized carbons (Fsp3) is 0.812. The van der Waals surface area contributed by atoms with Crippen LogP contribution in [-0.4, -0.2) is 84.4 Å². The molecule has 1 heterocycles.